The lowest BCUT2D eigenvalue weighted by Crippen LogP contribution is -2.48. The van der Waals surface area contributed by atoms with E-state index in [1.54, 1.807) is 0 Å². The van der Waals surface area contributed by atoms with Crippen molar-refractivity contribution in [3.05, 3.63) is 50.9 Å². The molecule has 0 spiro atoms. The molecule has 0 fully saturated rings. The van der Waals surface area contributed by atoms with Crippen LogP contribution in [0.4, 0.5) is 0 Å². The number of hydrogen-bond donors (Lipinski definition) is 2. The molecule has 2 nitrogen and oxygen atoms in total. The molecule has 0 radical (unpaired) electrons. The minimum absolute atomic E-state index is 0.611. The molecule has 0 atom stereocenters. The van der Waals surface area contributed by atoms with Gasteiger partial charge in [0.2, 0.25) is 0 Å². The molecule has 16 heavy (non-hydrogen) atoms. The summed E-state index contributed by atoms with van der Waals surface area (Å²) in [4.78, 5) is 0. The van der Waals surface area contributed by atoms with Gasteiger partial charge in [0.25, 0.3) is 0 Å². The number of hydrogen-bond acceptors (Lipinski definition) is 2. The van der Waals surface area contributed by atoms with E-state index in [9.17, 15) is 0 Å². The van der Waals surface area contributed by atoms with Crippen LogP contribution in [0.25, 0.3) is 5.57 Å². The maximum absolute atomic E-state index is 5.86. The summed E-state index contributed by atoms with van der Waals surface area (Å²) in [6.07, 6.45) is 4.42. The van der Waals surface area contributed by atoms with Gasteiger partial charge in [0.1, 0.15) is 0 Å². The number of halogens is 2. The summed E-state index contributed by atoms with van der Waals surface area (Å²) in [6, 6.07) is 8.08. The zero-order valence-corrected chi connectivity index (χ0v) is 11.8. The predicted molar refractivity (Wildman–Crippen MR) is 74.9 cm³/mol. The Balaban J connectivity index is 2.45. The summed E-state index contributed by atoms with van der Waals surface area (Å²) in [5.41, 5.74) is 13.2. The highest BCUT2D eigenvalue weighted by molar-refractivity contribution is 9.12. The smallest absolute Gasteiger partial charge is 0.0878 e. The molecule has 0 saturated heterocycles. The molecular weight excluding hydrogens is 332 g/mol. The Bertz CT molecular complexity index is 476. The molecule has 4 N–H and O–H groups in total. The first-order valence-corrected chi connectivity index (χ1v) is 6.49. The van der Waals surface area contributed by atoms with Crippen LogP contribution in [0.2, 0.25) is 0 Å². The molecule has 0 bridgehead atoms. The summed E-state index contributed by atoms with van der Waals surface area (Å²) >= 11 is 7.09. The maximum atomic E-state index is 5.86. The van der Waals surface area contributed by atoms with E-state index in [1.807, 2.05) is 30.4 Å². The van der Waals surface area contributed by atoms with Crippen molar-refractivity contribution in [2.24, 2.45) is 11.5 Å². The van der Waals surface area contributed by atoms with Crippen LogP contribution in [0.15, 0.2) is 45.4 Å². The Hall–Kier alpha value is -0.420. The van der Waals surface area contributed by atoms with Crippen molar-refractivity contribution >= 4 is 37.4 Å². The third kappa shape index (κ3) is 2.46. The fraction of sp³-hybridized carbons (Fsp3) is 0.167. The van der Waals surface area contributed by atoms with Gasteiger partial charge in [-0.3, -0.25) is 0 Å². The summed E-state index contributed by atoms with van der Waals surface area (Å²) < 4.78 is 2.10. The Morgan fingerprint density at radius 3 is 2.44 bits per heavy atom. The quantitative estimate of drug-likeness (QED) is 0.770. The molecule has 2 rings (SSSR count). The van der Waals surface area contributed by atoms with Gasteiger partial charge in [-0.15, -0.1) is 0 Å². The van der Waals surface area contributed by atoms with Crippen molar-refractivity contribution < 1.29 is 0 Å². The van der Waals surface area contributed by atoms with Crippen molar-refractivity contribution in [2.45, 2.75) is 12.1 Å². The molecule has 1 aromatic carbocycles. The minimum atomic E-state index is -0.746. The topological polar surface area (TPSA) is 52.0 Å². The average molecular weight is 344 g/mol. The van der Waals surface area contributed by atoms with Crippen LogP contribution in [0.1, 0.15) is 12.0 Å². The molecule has 0 unspecified atom stereocenters. The third-order valence-corrected chi connectivity index (χ3v) is 3.88. The molecule has 0 aromatic heterocycles. The molecule has 0 saturated carbocycles. The summed E-state index contributed by atoms with van der Waals surface area (Å²) in [5.74, 6) is 0. The lowest BCUT2D eigenvalue weighted by atomic mass is 9.94. The monoisotopic (exact) mass is 342 g/mol. The highest BCUT2D eigenvalue weighted by Gasteiger charge is 2.23. The zero-order chi connectivity index (χ0) is 11.8. The molecule has 1 aromatic rings. The van der Waals surface area contributed by atoms with Crippen molar-refractivity contribution in [3.63, 3.8) is 0 Å². The largest absolute Gasteiger partial charge is 0.310 e. The number of benzene rings is 1. The standard InChI is InChI=1S/C12H12Br2N2/c13-10-4-2-1-3-8(10)9-5-6-12(15,16)7-11(9)14/h1-6H,7,15-16H2. The lowest BCUT2D eigenvalue weighted by Gasteiger charge is -2.25. The summed E-state index contributed by atoms with van der Waals surface area (Å²) in [5, 5.41) is 0. The van der Waals surface area contributed by atoms with E-state index < -0.39 is 5.66 Å². The molecule has 0 amide bonds. The lowest BCUT2D eigenvalue weighted by molar-refractivity contribution is 0.556. The van der Waals surface area contributed by atoms with Crippen LogP contribution in [0, 0.1) is 0 Å². The zero-order valence-electron chi connectivity index (χ0n) is 8.58. The van der Waals surface area contributed by atoms with E-state index in [0.29, 0.717) is 6.42 Å². The second-order valence-electron chi connectivity index (χ2n) is 3.92. The van der Waals surface area contributed by atoms with Crippen molar-refractivity contribution in [3.8, 4) is 0 Å². The predicted octanol–water partition coefficient (Wildman–Crippen LogP) is 3.13. The van der Waals surface area contributed by atoms with Gasteiger partial charge in [-0.05, 0) is 23.3 Å². The number of nitrogens with two attached hydrogens (primary N) is 2. The van der Waals surface area contributed by atoms with Gasteiger partial charge in [0.05, 0.1) is 5.66 Å². The number of rotatable bonds is 1. The van der Waals surface area contributed by atoms with Crippen LogP contribution in [-0.2, 0) is 0 Å². The van der Waals surface area contributed by atoms with Gasteiger partial charge < -0.3 is 11.5 Å². The molecule has 0 heterocycles. The second kappa shape index (κ2) is 4.45. The Kier molecular flexibility index (Phi) is 3.35. The van der Waals surface area contributed by atoms with E-state index in [1.165, 1.54) is 0 Å². The van der Waals surface area contributed by atoms with Gasteiger partial charge in [0.15, 0.2) is 0 Å². The number of allylic oxidation sites excluding steroid dienone is 2. The Labute approximate surface area is 112 Å². The molecule has 1 aliphatic carbocycles. The highest BCUT2D eigenvalue weighted by atomic mass is 79.9. The van der Waals surface area contributed by atoms with Crippen LogP contribution < -0.4 is 11.5 Å². The van der Waals surface area contributed by atoms with Crippen LogP contribution in [0.5, 0.6) is 0 Å². The highest BCUT2D eigenvalue weighted by Crippen LogP contribution is 2.35. The van der Waals surface area contributed by atoms with E-state index in [-0.39, 0.29) is 0 Å². The van der Waals surface area contributed by atoms with E-state index in [2.05, 4.69) is 37.9 Å². The van der Waals surface area contributed by atoms with E-state index in [4.69, 9.17) is 11.5 Å². The van der Waals surface area contributed by atoms with E-state index in [0.717, 1.165) is 20.1 Å². The molecule has 84 valence electrons. The second-order valence-corrected chi connectivity index (χ2v) is 5.73. The average Bonchev–Trinajstić information content (AvgIpc) is 2.18. The molecule has 0 aliphatic heterocycles. The van der Waals surface area contributed by atoms with Crippen molar-refractivity contribution in [2.75, 3.05) is 0 Å². The summed E-state index contributed by atoms with van der Waals surface area (Å²) in [6.45, 7) is 0. The van der Waals surface area contributed by atoms with Gasteiger partial charge in [-0.1, -0.05) is 56.1 Å². The van der Waals surface area contributed by atoms with E-state index >= 15 is 0 Å². The van der Waals surface area contributed by atoms with Crippen LogP contribution in [-0.4, -0.2) is 5.66 Å². The fourth-order valence-corrected chi connectivity index (χ4v) is 3.00. The van der Waals surface area contributed by atoms with Gasteiger partial charge >= 0.3 is 0 Å². The van der Waals surface area contributed by atoms with Gasteiger partial charge in [-0.25, -0.2) is 0 Å². The van der Waals surface area contributed by atoms with Gasteiger partial charge in [-0.2, -0.15) is 0 Å². The summed E-state index contributed by atoms with van der Waals surface area (Å²) in [7, 11) is 0. The minimum Gasteiger partial charge on any atom is -0.310 e. The van der Waals surface area contributed by atoms with Gasteiger partial charge in [0, 0.05) is 15.4 Å². The molecule has 1 aliphatic rings. The first-order chi connectivity index (χ1) is 7.49. The molecular formula is C12H12Br2N2. The normalized spacial score (nSPS) is 19.0. The Morgan fingerprint density at radius 2 is 1.81 bits per heavy atom. The van der Waals surface area contributed by atoms with Crippen LogP contribution in [0.3, 0.4) is 0 Å². The first kappa shape index (κ1) is 12.0. The molecule has 4 heteroatoms. The first-order valence-electron chi connectivity index (χ1n) is 4.90. The Morgan fingerprint density at radius 1 is 1.12 bits per heavy atom. The maximum Gasteiger partial charge on any atom is 0.0878 e. The third-order valence-electron chi connectivity index (χ3n) is 2.48. The van der Waals surface area contributed by atoms with Crippen molar-refractivity contribution in [1.29, 1.82) is 0 Å². The van der Waals surface area contributed by atoms with Crippen molar-refractivity contribution in [1.82, 2.24) is 0 Å². The van der Waals surface area contributed by atoms with Crippen LogP contribution >= 0.6 is 31.9 Å². The fourth-order valence-electron chi connectivity index (χ4n) is 1.67. The SMILES string of the molecule is NC1(N)C=CC(c2ccccc2Br)=C(Br)C1.